The van der Waals surface area contributed by atoms with Gasteiger partial charge in [0, 0.05) is 34.8 Å². The minimum Gasteiger partial charge on any atom is -0.497 e. The van der Waals surface area contributed by atoms with Crippen LogP contribution >= 0.6 is 45.3 Å². The molecule has 0 aliphatic heterocycles. The number of aromatic nitrogens is 2. The van der Waals surface area contributed by atoms with E-state index in [1.165, 1.54) is 22.7 Å². The predicted octanol–water partition coefficient (Wildman–Crippen LogP) is 6.07. The van der Waals surface area contributed by atoms with Gasteiger partial charge in [-0.2, -0.15) is 0 Å². The first-order chi connectivity index (χ1) is 17.0. The van der Waals surface area contributed by atoms with E-state index in [1.54, 1.807) is 28.4 Å². The Balaban J connectivity index is 1.62. The summed E-state index contributed by atoms with van der Waals surface area (Å²) in [5.74, 6) is 3.42. The number of methoxy groups -OCH3 is 4. The van der Waals surface area contributed by atoms with Crippen molar-refractivity contribution in [1.82, 2.24) is 9.97 Å². The van der Waals surface area contributed by atoms with Crippen LogP contribution in [0.1, 0.15) is 0 Å². The molecule has 0 unspecified atom stereocenters. The van der Waals surface area contributed by atoms with Crippen LogP contribution in [0.3, 0.4) is 0 Å². The maximum absolute atomic E-state index is 6.26. The molecule has 2 heterocycles. The minimum atomic E-state index is 0.393. The van der Waals surface area contributed by atoms with Gasteiger partial charge in [0.2, 0.25) is 5.75 Å². The molecule has 35 heavy (non-hydrogen) atoms. The summed E-state index contributed by atoms with van der Waals surface area (Å²) in [6.07, 6.45) is 0. The van der Waals surface area contributed by atoms with Gasteiger partial charge in [0.1, 0.15) is 31.8 Å². The Bertz CT molecular complexity index is 1330. The first-order valence-corrected chi connectivity index (χ1v) is 13.4. The summed E-state index contributed by atoms with van der Waals surface area (Å²) < 4.78 is 27.9. The number of nitrogen functional groups attached to an aromatic ring is 1. The van der Waals surface area contributed by atoms with Gasteiger partial charge in [-0.05, 0) is 34.7 Å². The van der Waals surface area contributed by atoms with Crippen LogP contribution in [0.15, 0.2) is 35.7 Å². The number of alkyl halides is 1. The van der Waals surface area contributed by atoms with Gasteiger partial charge in [-0.1, -0.05) is 11.3 Å². The molecule has 184 valence electrons. The van der Waals surface area contributed by atoms with Crippen molar-refractivity contribution >= 4 is 61.9 Å². The van der Waals surface area contributed by atoms with Gasteiger partial charge in [0.05, 0.1) is 34.1 Å². The summed E-state index contributed by atoms with van der Waals surface area (Å²) in [4.78, 5) is 10.1. The predicted molar refractivity (Wildman–Crippen MR) is 149 cm³/mol. The molecular formula is C23H23IN4O5S2. The lowest BCUT2D eigenvalue weighted by Crippen LogP contribution is -1.99. The number of benzene rings is 2. The molecule has 9 nitrogen and oxygen atoms in total. The van der Waals surface area contributed by atoms with Gasteiger partial charge in [-0.3, -0.25) is 0 Å². The number of hydrogen-bond donors (Lipinski definition) is 2. The summed E-state index contributed by atoms with van der Waals surface area (Å²) in [5.41, 5.74) is 8.64. The molecule has 12 heteroatoms. The average molecular weight is 626 g/mol. The van der Waals surface area contributed by atoms with Crippen LogP contribution in [0.5, 0.6) is 28.7 Å². The van der Waals surface area contributed by atoms with Crippen molar-refractivity contribution in [3.05, 3.63) is 35.7 Å². The number of nitrogens with two attached hydrogens (primary N) is 1. The lowest BCUT2D eigenvalue weighted by molar-refractivity contribution is 0.322. The highest BCUT2D eigenvalue weighted by molar-refractivity contribution is 14.1. The third kappa shape index (κ3) is 5.33. The summed E-state index contributed by atoms with van der Waals surface area (Å²) in [7, 11) is 6.39. The molecule has 0 fully saturated rings. The molecule has 4 rings (SSSR count). The van der Waals surface area contributed by atoms with Gasteiger partial charge >= 0.3 is 0 Å². The summed E-state index contributed by atoms with van der Waals surface area (Å²) >= 11 is 5.02. The van der Waals surface area contributed by atoms with Crippen molar-refractivity contribution in [2.24, 2.45) is 0 Å². The highest BCUT2D eigenvalue weighted by Crippen LogP contribution is 2.44. The first kappa shape index (κ1) is 25.1. The Morgan fingerprint density at radius 2 is 1.71 bits per heavy atom. The number of nitrogens with zero attached hydrogens (tertiary/aromatic N) is 2. The summed E-state index contributed by atoms with van der Waals surface area (Å²) in [5, 5.41) is 6.63. The Hall–Kier alpha value is -2.97. The zero-order chi connectivity index (χ0) is 24.9. The lowest BCUT2D eigenvalue weighted by Gasteiger charge is -2.15. The molecule has 0 amide bonds. The normalized spacial score (nSPS) is 10.7. The standard InChI is InChI=1S/C23H23IN4O5S2/c1-29-13-5-6-14(16(9-13)30-2)15-10-34-22(27-15)20-21(25)28-23(35-20)26-12-7-17(31-3)19(32-4)18(8-12)33-11-24/h5-10H,11,25H2,1-4H3,(H,26,28). The Morgan fingerprint density at radius 1 is 0.943 bits per heavy atom. The molecule has 0 atom stereocenters. The van der Waals surface area contributed by atoms with Crippen molar-refractivity contribution < 1.29 is 23.7 Å². The van der Waals surface area contributed by atoms with Crippen molar-refractivity contribution in [3.8, 4) is 49.9 Å². The number of anilines is 3. The van der Waals surface area contributed by atoms with Crippen LogP contribution in [0.25, 0.3) is 21.1 Å². The van der Waals surface area contributed by atoms with Gasteiger partial charge in [0.15, 0.2) is 16.6 Å². The van der Waals surface area contributed by atoms with Crippen LogP contribution in [-0.2, 0) is 0 Å². The molecule has 0 radical (unpaired) electrons. The molecule has 2 aromatic heterocycles. The molecule has 0 aliphatic rings. The van der Waals surface area contributed by atoms with Crippen molar-refractivity contribution in [2.75, 3.05) is 44.1 Å². The Labute approximate surface area is 224 Å². The third-order valence-corrected chi connectivity index (χ3v) is 7.24. The van der Waals surface area contributed by atoms with E-state index in [0.29, 0.717) is 44.3 Å². The number of rotatable bonds is 10. The van der Waals surface area contributed by atoms with E-state index in [9.17, 15) is 0 Å². The number of hydrogen-bond acceptors (Lipinski definition) is 11. The van der Waals surface area contributed by atoms with E-state index >= 15 is 0 Å². The van der Waals surface area contributed by atoms with Crippen LogP contribution in [0, 0.1) is 0 Å². The second-order valence-corrected chi connectivity index (χ2v) is 9.41. The highest BCUT2D eigenvalue weighted by Gasteiger charge is 2.19. The smallest absolute Gasteiger partial charge is 0.203 e. The Kier molecular flexibility index (Phi) is 8.03. The molecule has 0 spiro atoms. The van der Waals surface area contributed by atoms with Crippen molar-refractivity contribution in [1.29, 1.82) is 0 Å². The van der Waals surface area contributed by atoms with Gasteiger partial charge in [0.25, 0.3) is 0 Å². The molecule has 2 aromatic carbocycles. The van der Waals surface area contributed by atoms with E-state index in [-0.39, 0.29) is 0 Å². The highest BCUT2D eigenvalue weighted by atomic mass is 127. The number of thiazole rings is 2. The fourth-order valence-corrected chi connectivity index (χ4v) is 5.50. The number of halogens is 1. The van der Waals surface area contributed by atoms with Gasteiger partial charge in [-0.25, -0.2) is 9.97 Å². The van der Waals surface area contributed by atoms with E-state index in [1.807, 2.05) is 35.7 Å². The zero-order valence-electron chi connectivity index (χ0n) is 19.4. The monoisotopic (exact) mass is 626 g/mol. The zero-order valence-corrected chi connectivity index (χ0v) is 23.2. The second-order valence-electron chi connectivity index (χ2n) is 6.93. The van der Waals surface area contributed by atoms with Crippen LogP contribution in [0.2, 0.25) is 0 Å². The molecule has 0 saturated carbocycles. The van der Waals surface area contributed by atoms with E-state index in [2.05, 4.69) is 32.9 Å². The number of nitrogens with one attached hydrogen (secondary N) is 1. The van der Waals surface area contributed by atoms with Crippen LogP contribution in [-0.4, -0.2) is 43.0 Å². The van der Waals surface area contributed by atoms with Crippen LogP contribution < -0.4 is 34.7 Å². The minimum absolute atomic E-state index is 0.393. The molecule has 0 saturated heterocycles. The SMILES string of the molecule is COc1ccc(-c2csc(-c3sc(Nc4cc(OC)c(OC)c(OCI)c4)nc3N)n2)c(OC)c1. The fraction of sp³-hybridized carbons (Fsp3) is 0.217. The summed E-state index contributed by atoms with van der Waals surface area (Å²) in [6.45, 7) is 0. The van der Waals surface area contributed by atoms with E-state index < -0.39 is 0 Å². The van der Waals surface area contributed by atoms with E-state index in [4.69, 9.17) is 34.4 Å². The second kappa shape index (κ2) is 11.2. The van der Waals surface area contributed by atoms with E-state index in [0.717, 1.165) is 26.8 Å². The first-order valence-electron chi connectivity index (χ1n) is 10.2. The average Bonchev–Trinajstić information content (AvgIpc) is 3.49. The van der Waals surface area contributed by atoms with Crippen LogP contribution in [0.4, 0.5) is 16.6 Å². The molecule has 0 bridgehead atoms. The lowest BCUT2D eigenvalue weighted by atomic mass is 10.1. The molecular weight excluding hydrogens is 603 g/mol. The molecule has 4 aromatic rings. The summed E-state index contributed by atoms with van der Waals surface area (Å²) in [6, 6.07) is 9.27. The quantitative estimate of drug-likeness (QED) is 0.160. The van der Waals surface area contributed by atoms with Crippen molar-refractivity contribution in [2.45, 2.75) is 0 Å². The Morgan fingerprint density at radius 3 is 2.40 bits per heavy atom. The largest absolute Gasteiger partial charge is 0.497 e. The van der Waals surface area contributed by atoms with Gasteiger partial charge < -0.3 is 34.7 Å². The third-order valence-electron chi connectivity index (χ3n) is 4.94. The van der Waals surface area contributed by atoms with Gasteiger partial charge in [-0.15, -0.1) is 11.3 Å². The molecule has 3 N–H and O–H groups in total. The van der Waals surface area contributed by atoms with Crippen molar-refractivity contribution in [3.63, 3.8) is 0 Å². The number of ether oxygens (including phenoxy) is 5. The maximum Gasteiger partial charge on any atom is 0.203 e. The molecule has 0 aliphatic carbocycles. The maximum atomic E-state index is 6.26. The fourth-order valence-electron chi connectivity index (χ4n) is 3.34. The topological polar surface area (TPSA) is 110 Å².